The lowest BCUT2D eigenvalue weighted by Crippen LogP contribution is -2.37. The maximum Gasteiger partial charge on any atom is 0.245 e. The van der Waals surface area contributed by atoms with Crippen molar-refractivity contribution in [1.82, 2.24) is 15.0 Å². The second-order valence-corrected chi connectivity index (χ2v) is 7.74. The molecule has 3 aromatic rings. The molecule has 33 heavy (non-hydrogen) atoms. The number of nitrogens with zero attached hydrogens (tertiary/aromatic N) is 6. The number of hydroxylamine groups is 1. The van der Waals surface area contributed by atoms with Crippen molar-refractivity contribution < 1.29 is 9.13 Å². The van der Waals surface area contributed by atoms with E-state index in [2.05, 4.69) is 25.5 Å². The highest BCUT2D eigenvalue weighted by Gasteiger charge is 2.17. The summed E-state index contributed by atoms with van der Waals surface area (Å²) in [5.74, 6) is -0.140. The molecule has 4 rings (SSSR count). The fraction of sp³-hybridized carbons (Fsp3) is 0.273. The Balaban J connectivity index is 1.42. The Labute approximate surface area is 195 Å². The topological polar surface area (TPSA) is 102 Å². The van der Waals surface area contributed by atoms with Crippen LogP contribution in [-0.4, -0.2) is 47.5 Å². The van der Waals surface area contributed by atoms with Crippen LogP contribution in [0.5, 0.6) is 0 Å². The lowest BCUT2D eigenvalue weighted by molar-refractivity contribution is 0.122. The molecule has 1 aliphatic heterocycles. The maximum absolute atomic E-state index is 14.1. The van der Waals surface area contributed by atoms with Gasteiger partial charge in [-0.2, -0.15) is 10.1 Å². The lowest BCUT2D eigenvalue weighted by atomic mass is 10.2. The molecule has 172 valence electrons. The third kappa shape index (κ3) is 5.72. The number of nitrogens with one attached hydrogen (secondary N) is 1. The highest BCUT2D eigenvalue weighted by atomic mass is 35.5. The normalized spacial score (nSPS) is 14.0. The van der Waals surface area contributed by atoms with E-state index in [4.69, 9.17) is 16.3 Å². The van der Waals surface area contributed by atoms with Gasteiger partial charge in [-0.1, -0.05) is 29.8 Å². The molecule has 1 aliphatic rings. The van der Waals surface area contributed by atoms with Crippen LogP contribution in [0.4, 0.5) is 21.8 Å². The minimum Gasteiger partial charge on any atom is -0.758 e. The summed E-state index contributed by atoms with van der Waals surface area (Å²) in [6, 6.07) is 10.6. The van der Waals surface area contributed by atoms with Gasteiger partial charge in [0, 0.05) is 25.3 Å². The Bertz CT molecular complexity index is 1120. The van der Waals surface area contributed by atoms with Crippen LogP contribution in [0.2, 0.25) is 5.02 Å². The molecule has 0 spiro atoms. The summed E-state index contributed by atoms with van der Waals surface area (Å²) < 4.78 is 19.4. The van der Waals surface area contributed by atoms with Crippen molar-refractivity contribution >= 4 is 35.3 Å². The van der Waals surface area contributed by atoms with Crippen molar-refractivity contribution in [1.29, 1.82) is 0 Å². The molecule has 2 aromatic heterocycles. The van der Waals surface area contributed by atoms with Crippen LogP contribution >= 0.6 is 11.6 Å². The van der Waals surface area contributed by atoms with Crippen molar-refractivity contribution in [2.24, 2.45) is 5.10 Å². The quantitative estimate of drug-likeness (QED) is 0.411. The number of anilines is 3. The molecular weight excluding hydrogens is 449 g/mol. The molecule has 1 aromatic carbocycles. The van der Waals surface area contributed by atoms with E-state index in [1.807, 2.05) is 13.0 Å². The Morgan fingerprint density at radius 3 is 2.82 bits per heavy atom. The summed E-state index contributed by atoms with van der Waals surface area (Å²) in [5.41, 5.74) is 4.99. The number of hydrogen-bond donors (Lipinski definition) is 1. The van der Waals surface area contributed by atoms with E-state index in [9.17, 15) is 9.60 Å². The number of pyridine rings is 1. The van der Waals surface area contributed by atoms with E-state index in [1.165, 1.54) is 6.21 Å². The van der Waals surface area contributed by atoms with Crippen LogP contribution in [0.1, 0.15) is 17.0 Å². The summed E-state index contributed by atoms with van der Waals surface area (Å²) in [6.45, 7) is 4.00. The smallest absolute Gasteiger partial charge is 0.245 e. The largest absolute Gasteiger partial charge is 0.758 e. The van der Waals surface area contributed by atoms with E-state index in [1.54, 1.807) is 35.2 Å². The van der Waals surface area contributed by atoms with Gasteiger partial charge in [0.15, 0.2) is 11.6 Å². The van der Waals surface area contributed by atoms with Gasteiger partial charge in [0.25, 0.3) is 0 Å². The third-order valence-corrected chi connectivity index (χ3v) is 5.27. The molecule has 11 heteroatoms. The van der Waals surface area contributed by atoms with E-state index >= 15 is 0 Å². The highest BCUT2D eigenvalue weighted by Crippen LogP contribution is 2.29. The van der Waals surface area contributed by atoms with E-state index < -0.39 is 5.82 Å². The van der Waals surface area contributed by atoms with Gasteiger partial charge in [-0.3, -0.25) is 0 Å². The Morgan fingerprint density at radius 2 is 2.03 bits per heavy atom. The van der Waals surface area contributed by atoms with E-state index in [0.717, 1.165) is 16.8 Å². The van der Waals surface area contributed by atoms with Crippen LogP contribution < -0.4 is 15.4 Å². The molecule has 1 fully saturated rings. The number of aryl methyl sites for hydroxylation is 1. The molecular formula is C22H22ClFN7O2-. The number of benzene rings is 1. The predicted molar refractivity (Wildman–Crippen MR) is 126 cm³/mol. The van der Waals surface area contributed by atoms with Crippen molar-refractivity contribution in [3.05, 3.63) is 75.6 Å². The summed E-state index contributed by atoms with van der Waals surface area (Å²) in [5, 5.41) is 17.9. The van der Waals surface area contributed by atoms with Gasteiger partial charge in [0.1, 0.15) is 0 Å². The molecule has 0 bridgehead atoms. The van der Waals surface area contributed by atoms with E-state index in [0.29, 0.717) is 48.4 Å². The van der Waals surface area contributed by atoms with Crippen molar-refractivity contribution in [2.75, 3.05) is 41.7 Å². The highest BCUT2D eigenvalue weighted by molar-refractivity contribution is 6.33. The second kappa shape index (κ2) is 10.5. The molecule has 3 heterocycles. The number of para-hydroxylation sites is 1. The molecule has 0 aliphatic carbocycles. The van der Waals surface area contributed by atoms with Gasteiger partial charge in [0.05, 0.1) is 42.0 Å². The number of ether oxygens (including phenoxy) is 1. The number of hydrogen-bond acceptors (Lipinski definition) is 9. The molecule has 1 saturated heterocycles. The average Bonchev–Trinajstić information content (AvgIpc) is 2.81. The van der Waals surface area contributed by atoms with Crippen molar-refractivity contribution in [3.8, 4) is 0 Å². The van der Waals surface area contributed by atoms with E-state index in [-0.39, 0.29) is 18.3 Å². The average molecular weight is 471 g/mol. The molecule has 0 saturated carbocycles. The van der Waals surface area contributed by atoms with Crippen molar-refractivity contribution in [2.45, 2.75) is 13.5 Å². The molecule has 0 unspecified atom stereocenters. The van der Waals surface area contributed by atoms with Crippen LogP contribution in [0.15, 0.2) is 47.7 Å². The number of hydrazone groups is 1. The lowest BCUT2D eigenvalue weighted by Gasteiger charge is -2.32. The van der Waals surface area contributed by atoms with Gasteiger partial charge in [0.2, 0.25) is 5.95 Å². The number of aromatic nitrogens is 3. The summed E-state index contributed by atoms with van der Waals surface area (Å²) in [7, 11) is 0. The number of morpholine rings is 1. The minimum atomic E-state index is -0.503. The Kier molecular flexibility index (Phi) is 7.28. The third-order valence-electron chi connectivity index (χ3n) is 4.97. The van der Waals surface area contributed by atoms with Gasteiger partial charge in [-0.15, -0.1) is 0 Å². The van der Waals surface area contributed by atoms with Crippen LogP contribution in [0.3, 0.4) is 0 Å². The molecule has 9 nitrogen and oxygen atoms in total. The Morgan fingerprint density at radius 1 is 1.24 bits per heavy atom. The summed E-state index contributed by atoms with van der Waals surface area (Å²) in [4.78, 5) is 14.4. The summed E-state index contributed by atoms with van der Waals surface area (Å²) in [6.07, 6.45) is 2.58. The fourth-order valence-corrected chi connectivity index (χ4v) is 3.70. The SMILES string of the molecule is Cc1cccc(Cl)c1N([O-])Cc1cccc(/C=N/Nc2ncc(F)c(N3CCOCC3)n2)n1. The zero-order valence-electron chi connectivity index (χ0n) is 17.9. The first-order chi connectivity index (χ1) is 16.0. The first kappa shape index (κ1) is 22.8. The standard InChI is InChI=1S/C22H22ClFN7O2/c1-15-4-2-7-18(23)20(15)31(32)14-17-6-3-5-16(27-17)12-26-29-22-25-13-19(24)21(28-22)30-8-10-33-11-9-30/h2-7,12-13H,8-11,14H2,1H3,(H,25,28,29)/q-1/b26-12+. The minimum absolute atomic E-state index is 0.0314. The van der Waals surface area contributed by atoms with Crippen LogP contribution in [0, 0.1) is 17.9 Å². The zero-order chi connectivity index (χ0) is 23.2. The van der Waals surface area contributed by atoms with Gasteiger partial charge < -0.3 is 19.9 Å². The van der Waals surface area contributed by atoms with Gasteiger partial charge in [-0.25, -0.2) is 19.8 Å². The Hall–Kier alpha value is -3.34. The zero-order valence-corrected chi connectivity index (χ0v) is 18.7. The fourth-order valence-electron chi connectivity index (χ4n) is 3.39. The molecule has 0 amide bonds. The van der Waals surface area contributed by atoms with Crippen molar-refractivity contribution in [3.63, 3.8) is 0 Å². The second-order valence-electron chi connectivity index (χ2n) is 7.33. The molecule has 1 N–H and O–H groups in total. The maximum atomic E-state index is 14.1. The molecule has 0 atom stereocenters. The predicted octanol–water partition coefficient (Wildman–Crippen LogP) is 3.76. The van der Waals surface area contributed by atoms with Gasteiger partial charge >= 0.3 is 0 Å². The first-order valence-electron chi connectivity index (χ1n) is 10.3. The number of rotatable bonds is 7. The van der Waals surface area contributed by atoms with Crippen LogP contribution in [-0.2, 0) is 11.3 Å². The van der Waals surface area contributed by atoms with Crippen LogP contribution in [0.25, 0.3) is 0 Å². The number of halogens is 2. The summed E-state index contributed by atoms with van der Waals surface area (Å²) >= 11 is 6.18. The monoisotopic (exact) mass is 470 g/mol. The van der Waals surface area contributed by atoms with Gasteiger partial charge in [-0.05, 0) is 30.7 Å². The molecule has 0 radical (unpaired) electrons. The first-order valence-corrected chi connectivity index (χ1v) is 10.7.